The van der Waals surface area contributed by atoms with Crippen LogP contribution in [0, 0.1) is 6.92 Å². The van der Waals surface area contributed by atoms with E-state index in [4.69, 9.17) is 10.8 Å². The Balaban J connectivity index is 2.47. The van der Waals surface area contributed by atoms with Crippen molar-refractivity contribution in [2.75, 3.05) is 11.9 Å². The van der Waals surface area contributed by atoms with Gasteiger partial charge in [0.1, 0.15) is 0 Å². The summed E-state index contributed by atoms with van der Waals surface area (Å²) in [5, 5.41) is 11.8. The SMILES string of the molecule is Cc1cc(C(=O)O)nc(NCCCCC(N)=O)n1. The van der Waals surface area contributed by atoms with E-state index in [1.807, 2.05) is 0 Å². The van der Waals surface area contributed by atoms with E-state index in [1.165, 1.54) is 6.07 Å². The molecule has 0 bridgehead atoms. The van der Waals surface area contributed by atoms with Gasteiger partial charge in [-0.1, -0.05) is 0 Å². The molecular formula is C11H16N4O3. The second-order valence-corrected chi connectivity index (χ2v) is 3.87. The molecule has 0 radical (unpaired) electrons. The number of aromatic nitrogens is 2. The fourth-order valence-corrected chi connectivity index (χ4v) is 1.38. The van der Waals surface area contributed by atoms with Gasteiger partial charge in [-0.05, 0) is 25.8 Å². The molecule has 7 nitrogen and oxygen atoms in total. The Hall–Kier alpha value is -2.18. The number of aryl methyl sites for hydroxylation is 1. The maximum Gasteiger partial charge on any atom is 0.354 e. The van der Waals surface area contributed by atoms with Crippen molar-refractivity contribution in [1.29, 1.82) is 0 Å². The topological polar surface area (TPSA) is 118 Å². The zero-order valence-electron chi connectivity index (χ0n) is 10.1. The van der Waals surface area contributed by atoms with Crippen LogP contribution in [0.25, 0.3) is 0 Å². The molecule has 18 heavy (non-hydrogen) atoms. The van der Waals surface area contributed by atoms with Gasteiger partial charge in [0.2, 0.25) is 11.9 Å². The van der Waals surface area contributed by atoms with Crippen LogP contribution < -0.4 is 11.1 Å². The predicted molar refractivity (Wildman–Crippen MR) is 65.3 cm³/mol. The molecule has 0 aromatic carbocycles. The minimum atomic E-state index is -1.09. The molecule has 1 aromatic heterocycles. The molecule has 0 atom stereocenters. The van der Waals surface area contributed by atoms with Crippen LogP contribution in [0.5, 0.6) is 0 Å². The van der Waals surface area contributed by atoms with Gasteiger partial charge in [0.05, 0.1) is 0 Å². The first-order valence-electron chi connectivity index (χ1n) is 5.60. The number of carbonyl (C=O) groups is 2. The summed E-state index contributed by atoms with van der Waals surface area (Å²) in [4.78, 5) is 29.2. The molecular weight excluding hydrogens is 236 g/mol. The molecule has 98 valence electrons. The zero-order chi connectivity index (χ0) is 13.5. The van der Waals surface area contributed by atoms with Gasteiger partial charge in [0.25, 0.3) is 0 Å². The second kappa shape index (κ2) is 6.53. The fourth-order valence-electron chi connectivity index (χ4n) is 1.38. The van der Waals surface area contributed by atoms with Gasteiger partial charge in [0, 0.05) is 18.7 Å². The van der Waals surface area contributed by atoms with Crippen molar-refractivity contribution in [3.05, 3.63) is 17.5 Å². The summed E-state index contributed by atoms with van der Waals surface area (Å²) in [7, 11) is 0. The van der Waals surface area contributed by atoms with Crippen LogP contribution >= 0.6 is 0 Å². The first kappa shape index (κ1) is 13.9. The maximum atomic E-state index is 10.8. The molecule has 0 aliphatic heterocycles. The van der Waals surface area contributed by atoms with Gasteiger partial charge in [0.15, 0.2) is 5.69 Å². The molecule has 0 saturated carbocycles. The number of carboxylic acid groups (broad SMARTS) is 1. The van der Waals surface area contributed by atoms with Gasteiger partial charge in [-0.15, -0.1) is 0 Å². The number of aromatic carboxylic acids is 1. The van der Waals surface area contributed by atoms with E-state index in [0.717, 1.165) is 6.42 Å². The van der Waals surface area contributed by atoms with E-state index in [1.54, 1.807) is 6.92 Å². The Bertz CT molecular complexity index is 448. The zero-order valence-corrected chi connectivity index (χ0v) is 10.1. The van der Waals surface area contributed by atoms with E-state index >= 15 is 0 Å². The summed E-state index contributed by atoms with van der Waals surface area (Å²) in [5.41, 5.74) is 5.56. The highest BCUT2D eigenvalue weighted by Crippen LogP contribution is 2.05. The van der Waals surface area contributed by atoms with Crippen LogP contribution in [0.3, 0.4) is 0 Å². The number of hydrogen-bond acceptors (Lipinski definition) is 5. The lowest BCUT2D eigenvalue weighted by molar-refractivity contribution is -0.118. The number of anilines is 1. The van der Waals surface area contributed by atoms with Crippen LogP contribution in [-0.4, -0.2) is 33.5 Å². The van der Waals surface area contributed by atoms with E-state index in [9.17, 15) is 9.59 Å². The van der Waals surface area contributed by atoms with E-state index in [0.29, 0.717) is 25.1 Å². The van der Waals surface area contributed by atoms with Crippen molar-refractivity contribution in [3.63, 3.8) is 0 Å². The van der Waals surface area contributed by atoms with Gasteiger partial charge >= 0.3 is 5.97 Å². The molecule has 1 aromatic rings. The largest absolute Gasteiger partial charge is 0.477 e. The minimum absolute atomic E-state index is 0.0397. The molecule has 0 unspecified atom stereocenters. The average molecular weight is 252 g/mol. The van der Waals surface area contributed by atoms with E-state index < -0.39 is 5.97 Å². The third-order valence-corrected chi connectivity index (χ3v) is 2.21. The number of nitrogens with one attached hydrogen (secondary N) is 1. The van der Waals surface area contributed by atoms with Crippen molar-refractivity contribution < 1.29 is 14.7 Å². The molecule has 1 heterocycles. The maximum absolute atomic E-state index is 10.8. The number of carboxylic acids is 1. The quantitative estimate of drug-likeness (QED) is 0.610. The van der Waals surface area contributed by atoms with Gasteiger partial charge in [-0.25, -0.2) is 14.8 Å². The Kier molecular flexibility index (Phi) is 5.04. The third-order valence-electron chi connectivity index (χ3n) is 2.21. The molecule has 1 rings (SSSR count). The summed E-state index contributed by atoms with van der Waals surface area (Å²) in [6, 6.07) is 1.40. The number of unbranched alkanes of at least 4 members (excludes halogenated alkanes) is 1. The molecule has 4 N–H and O–H groups in total. The monoisotopic (exact) mass is 252 g/mol. The number of rotatable bonds is 7. The van der Waals surface area contributed by atoms with Crippen molar-refractivity contribution in [3.8, 4) is 0 Å². The lowest BCUT2D eigenvalue weighted by Crippen LogP contribution is -2.12. The number of carbonyl (C=O) groups excluding carboxylic acids is 1. The Morgan fingerprint density at radius 1 is 1.39 bits per heavy atom. The van der Waals surface area contributed by atoms with Crippen molar-refractivity contribution in [2.24, 2.45) is 5.73 Å². The summed E-state index contributed by atoms with van der Waals surface area (Å²) < 4.78 is 0. The summed E-state index contributed by atoms with van der Waals surface area (Å²) in [5.74, 6) is -1.13. The van der Waals surface area contributed by atoms with Crippen LogP contribution in [0.2, 0.25) is 0 Å². The highest BCUT2D eigenvalue weighted by Gasteiger charge is 2.08. The normalized spacial score (nSPS) is 10.1. The molecule has 0 aliphatic carbocycles. The standard InChI is InChI=1S/C11H16N4O3/c1-7-6-8(10(17)18)15-11(14-7)13-5-3-2-4-9(12)16/h6H,2-5H2,1H3,(H2,12,16)(H,17,18)(H,13,14,15). The van der Waals surface area contributed by atoms with E-state index in [2.05, 4.69) is 15.3 Å². The Labute approximate surface area is 104 Å². The lowest BCUT2D eigenvalue weighted by Gasteiger charge is -2.06. The summed E-state index contributed by atoms with van der Waals surface area (Å²) in [6.07, 6.45) is 1.76. The number of hydrogen-bond donors (Lipinski definition) is 3. The molecule has 0 aliphatic rings. The number of nitrogens with zero attached hydrogens (tertiary/aromatic N) is 2. The number of amides is 1. The highest BCUT2D eigenvalue weighted by molar-refractivity contribution is 5.85. The van der Waals surface area contributed by atoms with Crippen molar-refractivity contribution in [1.82, 2.24) is 9.97 Å². The lowest BCUT2D eigenvalue weighted by atomic mass is 10.2. The van der Waals surface area contributed by atoms with Gasteiger partial charge in [-0.3, -0.25) is 4.79 Å². The third kappa shape index (κ3) is 4.77. The first-order chi connectivity index (χ1) is 8.49. The predicted octanol–water partition coefficient (Wildman–Crippen LogP) is 0.551. The van der Waals surface area contributed by atoms with Gasteiger partial charge < -0.3 is 16.2 Å². The summed E-state index contributed by atoms with van der Waals surface area (Å²) in [6.45, 7) is 2.27. The smallest absolute Gasteiger partial charge is 0.354 e. The Morgan fingerprint density at radius 3 is 2.72 bits per heavy atom. The molecule has 0 saturated heterocycles. The second-order valence-electron chi connectivity index (χ2n) is 3.87. The number of nitrogens with two attached hydrogens (primary N) is 1. The minimum Gasteiger partial charge on any atom is -0.477 e. The highest BCUT2D eigenvalue weighted by atomic mass is 16.4. The van der Waals surface area contributed by atoms with Crippen LogP contribution in [0.15, 0.2) is 6.07 Å². The molecule has 1 amide bonds. The molecule has 0 spiro atoms. The van der Waals surface area contributed by atoms with Crippen molar-refractivity contribution >= 4 is 17.8 Å². The summed E-state index contributed by atoms with van der Waals surface area (Å²) >= 11 is 0. The van der Waals surface area contributed by atoms with Gasteiger partial charge in [-0.2, -0.15) is 0 Å². The Morgan fingerprint density at radius 2 is 2.11 bits per heavy atom. The fraction of sp³-hybridized carbons (Fsp3) is 0.455. The van der Waals surface area contributed by atoms with Crippen LogP contribution in [0.4, 0.5) is 5.95 Å². The molecule has 0 fully saturated rings. The average Bonchev–Trinajstić information content (AvgIpc) is 2.27. The first-order valence-corrected chi connectivity index (χ1v) is 5.60. The van der Waals surface area contributed by atoms with E-state index in [-0.39, 0.29) is 17.5 Å². The van der Waals surface area contributed by atoms with Crippen LogP contribution in [0.1, 0.15) is 35.4 Å². The number of primary amides is 1. The van der Waals surface area contributed by atoms with Crippen molar-refractivity contribution in [2.45, 2.75) is 26.2 Å². The molecule has 7 heteroatoms. The van der Waals surface area contributed by atoms with Crippen LogP contribution in [-0.2, 0) is 4.79 Å².